The monoisotopic (exact) mass is 851 g/mol. The van der Waals surface area contributed by atoms with Crippen LogP contribution >= 0.6 is 0 Å². The van der Waals surface area contributed by atoms with E-state index >= 15 is 0 Å². The number of aromatic nitrogens is 3. The van der Waals surface area contributed by atoms with Crippen molar-refractivity contribution in [3.63, 3.8) is 0 Å². The first-order valence-electron chi connectivity index (χ1n) is 19.5. The predicted molar refractivity (Wildman–Crippen MR) is 215 cm³/mol. The number of benzene rings is 3. The van der Waals surface area contributed by atoms with Crippen molar-refractivity contribution in [3.05, 3.63) is 124 Å². The number of pyridine rings is 1. The first-order chi connectivity index (χ1) is 28.9. The van der Waals surface area contributed by atoms with Crippen molar-refractivity contribution in [1.82, 2.24) is 24.3 Å². The van der Waals surface area contributed by atoms with Gasteiger partial charge >= 0.3 is 18.3 Å². The van der Waals surface area contributed by atoms with Crippen LogP contribution in [0, 0.1) is 11.6 Å². The van der Waals surface area contributed by atoms with E-state index < -0.39 is 35.1 Å². The van der Waals surface area contributed by atoms with Gasteiger partial charge in [0.2, 0.25) is 5.91 Å². The van der Waals surface area contributed by atoms with E-state index in [0.29, 0.717) is 31.5 Å². The molecule has 1 N–H and O–H groups in total. The van der Waals surface area contributed by atoms with Gasteiger partial charge in [-0.25, -0.2) is 13.8 Å². The van der Waals surface area contributed by atoms with E-state index in [2.05, 4.69) is 14.7 Å². The van der Waals surface area contributed by atoms with Gasteiger partial charge in [-0.15, -0.1) is 13.2 Å². The Morgan fingerprint density at radius 3 is 2.11 bits per heavy atom. The fraction of sp³-hybridized carbons (Fsp3) is 0.364. The molecule has 3 heterocycles. The number of carboxylic acids is 1. The van der Waals surface area contributed by atoms with Crippen LogP contribution < -0.4 is 10.3 Å². The molecule has 0 unspecified atom stereocenters. The second-order valence-corrected chi connectivity index (χ2v) is 14.8. The average Bonchev–Trinajstić information content (AvgIpc) is 3.24. The minimum Gasteiger partial charge on any atom is -0.481 e. The van der Waals surface area contributed by atoms with Gasteiger partial charge in [0, 0.05) is 44.7 Å². The number of amides is 1. The fourth-order valence-electron chi connectivity index (χ4n) is 7.09. The van der Waals surface area contributed by atoms with Gasteiger partial charge in [0.05, 0.1) is 12.5 Å². The highest BCUT2D eigenvalue weighted by Crippen LogP contribution is 2.29. The molecular weight excluding hydrogens is 806 g/mol. The highest BCUT2D eigenvalue weighted by molar-refractivity contribution is 5.81. The van der Waals surface area contributed by atoms with Gasteiger partial charge < -0.3 is 24.0 Å². The molecular formula is C44H46F5N5O7. The Kier molecular flexibility index (Phi) is 14.9. The number of ether oxygens (including phenoxy) is 2. The molecule has 0 spiro atoms. The standard InChI is InChI=1S/C41H40F5N5O5.C3H6O2/c1-40(2,39(54)55-3)49-22-19-30(20-23-49)50(24-26-9-11-27(12-10-26)28-13-16-31(17-14-28)56-41(44,45)46)35(52)25-51-34(18-15-29-6-4-8-33(42)36(29)43)48-38(53)32-7-5-21-47-37(32)51;1-2-3(4)5/h4-14,16-17,21,30H,15,18-20,22-25H2,1-3H3;2H2,1H3,(H,4,5). The minimum atomic E-state index is -4.80. The number of aryl methyl sites for hydroxylation is 2. The maximum atomic E-state index is 14.6. The van der Waals surface area contributed by atoms with Crippen molar-refractivity contribution >= 4 is 28.9 Å². The molecule has 5 aromatic rings. The summed E-state index contributed by atoms with van der Waals surface area (Å²) in [5.74, 6) is -3.57. The first-order valence-corrected chi connectivity index (χ1v) is 19.5. The smallest absolute Gasteiger partial charge is 0.481 e. The van der Waals surface area contributed by atoms with E-state index in [1.807, 2.05) is 29.2 Å². The quantitative estimate of drug-likeness (QED) is 0.0944. The lowest BCUT2D eigenvalue weighted by Gasteiger charge is -2.44. The van der Waals surface area contributed by atoms with Crippen LogP contribution in [0.1, 0.15) is 57.0 Å². The summed E-state index contributed by atoms with van der Waals surface area (Å²) in [7, 11) is 1.34. The van der Waals surface area contributed by atoms with Crippen LogP contribution in [-0.2, 0) is 45.1 Å². The lowest BCUT2D eigenvalue weighted by Crippen LogP contribution is -2.56. The molecule has 0 saturated carbocycles. The number of aliphatic carboxylic acids is 1. The summed E-state index contributed by atoms with van der Waals surface area (Å²) in [6.45, 7) is 6.10. The lowest BCUT2D eigenvalue weighted by molar-refractivity contribution is -0.274. The van der Waals surface area contributed by atoms with E-state index in [1.54, 1.807) is 42.4 Å². The zero-order valence-corrected chi connectivity index (χ0v) is 34.0. The van der Waals surface area contributed by atoms with Crippen LogP contribution in [0.15, 0.2) is 89.9 Å². The third-order valence-electron chi connectivity index (χ3n) is 10.5. The number of fused-ring (bicyclic) bond motifs is 1. The Morgan fingerprint density at radius 1 is 0.902 bits per heavy atom. The normalized spacial score (nSPS) is 13.6. The van der Waals surface area contributed by atoms with Crippen LogP contribution in [-0.4, -0.2) is 85.4 Å². The molecule has 0 bridgehead atoms. The van der Waals surface area contributed by atoms with E-state index in [0.717, 1.165) is 17.2 Å². The summed E-state index contributed by atoms with van der Waals surface area (Å²) in [5, 5.41) is 7.92. The Hall–Kier alpha value is -6.23. The lowest BCUT2D eigenvalue weighted by atomic mass is 9.95. The van der Waals surface area contributed by atoms with Crippen molar-refractivity contribution in [2.75, 3.05) is 20.2 Å². The number of rotatable bonds is 13. The third kappa shape index (κ3) is 11.7. The minimum absolute atomic E-state index is 0.00511. The fourth-order valence-corrected chi connectivity index (χ4v) is 7.09. The highest BCUT2D eigenvalue weighted by atomic mass is 19.4. The Balaban J connectivity index is 0.00000133. The number of likely N-dealkylation sites (tertiary alicyclic amines) is 1. The molecule has 61 heavy (non-hydrogen) atoms. The topological polar surface area (TPSA) is 144 Å². The number of hydrogen-bond acceptors (Lipinski definition) is 9. The van der Waals surface area contributed by atoms with Gasteiger partial charge in [0.15, 0.2) is 11.6 Å². The second-order valence-electron chi connectivity index (χ2n) is 14.8. The van der Waals surface area contributed by atoms with Crippen LogP contribution in [0.2, 0.25) is 0 Å². The van der Waals surface area contributed by atoms with Crippen molar-refractivity contribution in [2.45, 2.75) is 83.9 Å². The third-order valence-corrected chi connectivity index (χ3v) is 10.5. The number of carbonyl (C=O) groups excluding carboxylic acids is 2. The van der Waals surface area contributed by atoms with Crippen LogP contribution in [0.3, 0.4) is 0 Å². The summed E-state index contributed by atoms with van der Waals surface area (Å²) >= 11 is 0. The number of halogens is 5. The van der Waals surface area contributed by atoms with Crippen molar-refractivity contribution in [2.24, 2.45) is 0 Å². The summed E-state index contributed by atoms with van der Waals surface area (Å²) in [6, 6.07) is 19.5. The number of esters is 1. The Labute approximate surface area is 348 Å². The number of carboxylic acid groups (broad SMARTS) is 1. The van der Waals surface area contributed by atoms with Crippen molar-refractivity contribution < 1.29 is 50.9 Å². The van der Waals surface area contributed by atoms with Gasteiger partial charge in [-0.3, -0.25) is 24.1 Å². The molecule has 17 heteroatoms. The number of hydrogen-bond donors (Lipinski definition) is 1. The van der Waals surface area contributed by atoms with E-state index in [-0.39, 0.29) is 78.4 Å². The van der Waals surface area contributed by atoms with E-state index in [4.69, 9.17) is 9.84 Å². The molecule has 1 amide bonds. The van der Waals surface area contributed by atoms with Gasteiger partial charge in [0.1, 0.15) is 29.3 Å². The molecule has 324 valence electrons. The maximum absolute atomic E-state index is 14.6. The maximum Gasteiger partial charge on any atom is 0.573 e. The molecule has 1 saturated heterocycles. The SMILES string of the molecule is CCC(=O)O.COC(=O)C(C)(C)N1CCC(N(Cc2ccc(-c3ccc(OC(F)(F)F)cc3)cc2)C(=O)Cn2c(CCc3cccc(F)c3F)nc(=O)c3cccnc32)CC1. The Morgan fingerprint density at radius 2 is 1.52 bits per heavy atom. The number of alkyl halides is 3. The molecule has 1 aliphatic rings. The summed E-state index contributed by atoms with van der Waals surface area (Å²) in [5.41, 5.74) is 1.04. The van der Waals surface area contributed by atoms with Gasteiger partial charge in [-0.1, -0.05) is 55.5 Å². The van der Waals surface area contributed by atoms with E-state index in [9.17, 15) is 41.1 Å². The first kappa shape index (κ1) is 45.8. The molecule has 6 rings (SSSR count). The molecule has 0 aliphatic carbocycles. The van der Waals surface area contributed by atoms with Crippen LogP contribution in [0.5, 0.6) is 5.75 Å². The molecule has 1 fully saturated rings. The molecule has 1 aliphatic heterocycles. The summed E-state index contributed by atoms with van der Waals surface area (Å²) in [6.07, 6.45) is -2.00. The average molecular weight is 852 g/mol. The molecule has 0 radical (unpaired) electrons. The highest BCUT2D eigenvalue weighted by Gasteiger charge is 2.39. The Bertz CT molecular complexity index is 2380. The van der Waals surface area contributed by atoms with Gasteiger partial charge in [-0.05, 0) is 85.7 Å². The zero-order chi connectivity index (χ0) is 44.5. The van der Waals surface area contributed by atoms with Crippen molar-refractivity contribution in [3.8, 4) is 16.9 Å². The molecule has 2 aromatic heterocycles. The number of piperidine rings is 1. The summed E-state index contributed by atoms with van der Waals surface area (Å²) < 4.78 is 77.2. The van der Waals surface area contributed by atoms with E-state index in [1.165, 1.54) is 49.7 Å². The largest absolute Gasteiger partial charge is 0.573 e. The molecule has 12 nitrogen and oxygen atoms in total. The number of nitrogens with zero attached hydrogens (tertiary/aromatic N) is 5. The predicted octanol–water partition coefficient (Wildman–Crippen LogP) is 7.35. The van der Waals surface area contributed by atoms with Crippen LogP contribution in [0.25, 0.3) is 22.2 Å². The second kappa shape index (κ2) is 19.9. The summed E-state index contributed by atoms with van der Waals surface area (Å²) in [4.78, 5) is 62.1. The van der Waals surface area contributed by atoms with Crippen molar-refractivity contribution in [1.29, 1.82) is 0 Å². The number of carbonyl (C=O) groups is 3. The van der Waals surface area contributed by atoms with Crippen LogP contribution in [0.4, 0.5) is 22.0 Å². The molecule has 0 atom stereocenters. The van der Waals surface area contributed by atoms with Gasteiger partial charge in [0.25, 0.3) is 5.56 Å². The van der Waals surface area contributed by atoms with Gasteiger partial charge in [-0.2, -0.15) is 4.98 Å². The molecule has 3 aromatic carbocycles. The zero-order valence-electron chi connectivity index (χ0n) is 34.0. The number of methoxy groups -OCH3 is 1.